The zero-order valence-electron chi connectivity index (χ0n) is 37.9. The fraction of sp³-hybridized carbons (Fsp3) is 0.625. The number of ketones is 1. The molecule has 3 aliphatic rings. The van der Waals surface area contributed by atoms with Gasteiger partial charge in [0.1, 0.15) is 23.7 Å². The first-order valence-corrected chi connectivity index (χ1v) is 22.6. The summed E-state index contributed by atoms with van der Waals surface area (Å²) in [4.78, 5) is 57.3. The number of aromatic nitrogens is 3. The number of amides is 1. The standard InChI is InChI=1S/C48H67N5O9/c1-10-39-48(9)44(53(47(57)62-48)22-15-14-21-52-27-38(50-51-52)36-19-16-20-37(49)26-36)32(6)41(54)29(3)23-28(2)24-30(4)42(33(7)45(55)59-39)60-40-25-31(5)43(34(8)58-40)61-46(56)35-17-12-11-13-18-35/h11-13,16-20,26-34,39-40,42-44H,10,14-15,21-25,49H2,1-9H3/t28-,29+,30+,31-,32-,33+,34-,39+,40-,42-,43+,44-,48+/m0/s1. The molecule has 3 fully saturated rings. The minimum absolute atomic E-state index is 0.0428. The summed E-state index contributed by atoms with van der Waals surface area (Å²) in [6.45, 7) is 18.4. The van der Waals surface area contributed by atoms with Gasteiger partial charge in [0, 0.05) is 48.5 Å². The van der Waals surface area contributed by atoms with E-state index in [1.807, 2.05) is 78.1 Å². The summed E-state index contributed by atoms with van der Waals surface area (Å²) in [5, 5.41) is 8.60. The van der Waals surface area contributed by atoms with E-state index in [4.69, 9.17) is 29.4 Å². The van der Waals surface area contributed by atoms with E-state index in [9.17, 15) is 19.2 Å². The molecule has 2 aromatic carbocycles. The predicted octanol–water partition coefficient (Wildman–Crippen LogP) is 8.13. The molecule has 0 unspecified atom stereocenters. The largest absolute Gasteiger partial charge is 0.458 e. The van der Waals surface area contributed by atoms with E-state index in [0.29, 0.717) is 62.9 Å². The van der Waals surface area contributed by atoms with Gasteiger partial charge in [-0.25, -0.2) is 9.59 Å². The number of fused-ring (bicyclic) bond motifs is 1. The molecule has 0 spiro atoms. The topological polar surface area (TPSA) is 174 Å². The van der Waals surface area contributed by atoms with Gasteiger partial charge in [-0.15, -0.1) is 5.10 Å². The van der Waals surface area contributed by atoms with Crippen molar-refractivity contribution in [2.24, 2.45) is 35.5 Å². The summed E-state index contributed by atoms with van der Waals surface area (Å²) < 4.78 is 33.5. The van der Waals surface area contributed by atoms with E-state index in [-0.39, 0.29) is 29.5 Å². The van der Waals surface area contributed by atoms with Crippen LogP contribution in [-0.4, -0.2) is 92.6 Å². The normalized spacial score (nSPS) is 33.6. The highest BCUT2D eigenvalue weighted by molar-refractivity contribution is 5.89. The molecule has 1 aromatic heterocycles. The maximum atomic E-state index is 14.4. The molecular weight excluding hydrogens is 791 g/mol. The second-order valence-corrected chi connectivity index (χ2v) is 18.5. The Labute approximate surface area is 366 Å². The second kappa shape index (κ2) is 20.1. The fourth-order valence-corrected chi connectivity index (χ4v) is 10.2. The number of Topliss-reactive ketones (excluding diaryl/α,β-unsaturated/α-hetero) is 1. The lowest BCUT2D eigenvalue weighted by Gasteiger charge is -2.43. The number of aryl methyl sites for hydroxylation is 1. The Kier molecular flexibility index (Phi) is 15.2. The SMILES string of the molecule is CC[C@H]1OC(=O)[C@H](C)[C@@H](O[C@H]2C[C@H](C)[C@@H](OC(=O)c3ccccc3)[C@H](C)O2)[C@H](C)C[C@@H](C)C[C@@H](C)C(=O)[C@H](C)[C@@H]2N(CCCCn3cc(-c4cccc(N)c4)nn3)C(=O)O[C@@]21C. The molecule has 0 bridgehead atoms. The van der Waals surface area contributed by atoms with Gasteiger partial charge in [-0.1, -0.05) is 77.1 Å². The number of carbonyl (C=O) groups is 4. The van der Waals surface area contributed by atoms with Crippen molar-refractivity contribution < 1.29 is 42.9 Å². The van der Waals surface area contributed by atoms with Crippen LogP contribution in [0.3, 0.4) is 0 Å². The summed E-state index contributed by atoms with van der Waals surface area (Å²) in [7, 11) is 0. The van der Waals surface area contributed by atoms with E-state index in [0.717, 1.165) is 11.3 Å². The van der Waals surface area contributed by atoms with Crippen molar-refractivity contribution in [3.8, 4) is 11.3 Å². The molecule has 0 saturated carbocycles. The van der Waals surface area contributed by atoms with Crippen LogP contribution in [0.5, 0.6) is 0 Å². The van der Waals surface area contributed by atoms with Gasteiger partial charge < -0.3 is 34.3 Å². The number of benzene rings is 2. The first-order chi connectivity index (χ1) is 29.5. The second-order valence-electron chi connectivity index (χ2n) is 18.5. The minimum Gasteiger partial charge on any atom is -0.458 e. The molecule has 6 rings (SSSR count). The number of esters is 2. The molecule has 3 saturated heterocycles. The van der Waals surface area contributed by atoms with E-state index in [1.54, 1.807) is 40.8 Å². The molecule has 1 amide bonds. The van der Waals surface area contributed by atoms with Crippen molar-refractivity contribution in [3.63, 3.8) is 0 Å². The van der Waals surface area contributed by atoms with Gasteiger partial charge in [-0.05, 0) is 89.0 Å². The van der Waals surface area contributed by atoms with E-state index in [1.165, 1.54) is 0 Å². The van der Waals surface area contributed by atoms with Gasteiger partial charge in [0.2, 0.25) is 0 Å². The summed E-state index contributed by atoms with van der Waals surface area (Å²) in [5.74, 6) is -2.51. The molecule has 0 aliphatic carbocycles. The van der Waals surface area contributed by atoms with Gasteiger partial charge in [-0.3, -0.25) is 14.3 Å². The van der Waals surface area contributed by atoms with Crippen LogP contribution in [0, 0.1) is 35.5 Å². The molecule has 4 heterocycles. The molecule has 14 heteroatoms. The Bertz CT molecular complexity index is 2000. The van der Waals surface area contributed by atoms with Crippen LogP contribution < -0.4 is 5.73 Å². The monoisotopic (exact) mass is 857 g/mol. The number of unbranched alkanes of at least 4 members (excludes halogenated alkanes) is 1. The zero-order valence-corrected chi connectivity index (χ0v) is 37.9. The molecule has 14 nitrogen and oxygen atoms in total. The lowest BCUT2D eigenvalue weighted by atomic mass is 9.75. The average molecular weight is 858 g/mol. The third-order valence-electron chi connectivity index (χ3n) is 13.4. The van der Waals surface area contributed by atoms with Gasteiger partial charge >= 0.3 is 18.0 Å². The number of hydrogen-bond donors (Lipinski definition) is 1. The van der Waals surface area contributed by atoms with Crippen LogP contribution in [0.25, 0.3) is 11.3 Å². The summed E-state index contributed by atoms with van der Waals surface area (Å²) in [6.07, 6.45) is 1.74. The summed E-state index contributed by atoms with van der Waals surface area (Å²) in [5.41, 5.74) is 7.38. The number of ether oxygens (including phenoxy) is 5. The Balaban J connectivity index is 1.17. The molecule has 2 N–H and O–H groups in total. The summed E-state index contributed by atoms with van der Waals surface area (Å²) >= 11 is 0. The van der Waals surface area contributed by atoms with E-state index >= 15 is 0 Å². The smallest absolute Gasteiger partial charge is 0.410 e. The van der Waals surface area contributed by atoms with Crippen LogP contribution in [-0.2, 0) is 39.8 Å². The van der Waals surface area contributed by atoms with Crippen LogP contribution >= 0.6 is 0 Å². The fourth-order valence-electron chi connectivity index (χ4n) is 10.2. The first-order valence-electron chi connectivity index (χ1n) is 22.6. The van der Waals surface area contributed by atoms with Crippen LogP contribution in [0.2, 0.25) is 0 Å². The molecule has 0 radical (unpaired) electrons. The summed E-state index contributed by atoms with van der Waals surface area (Å²) in [6, 6.07) is 15.7. The van der Waals surface area contributed by atoms with E-state index < -0.39 is 72.2 Å². The lowest BCUT2D eigenvalue weighted by Crippen LogP contribution is -2.58. The minimum atomic E-state index is -1.31. The highest BCUT2D eigenvalue weighted by Crippen LogP contribution is 2.42. The maximum absolute atomic E-state index is 14.4. The molecule has 3 aliphatic heterocycles. The van der Waals surface area contributed by atoms with Crippen molar-refractivity contribution in [2.75, 3.05) is 12.3 Å². The number of carbonyl (C=O) groups excluding carboxylic acids is 4. The third-order valence-corrected chi connectivity index (χ3v) is 13.4. The Hall–Kier alpha value is -4.82. The number of nitrogen functional groups attached to an aromatic ring is 1. The Morgan fingerprint density at radius 1 is 0.887 bits per heavy atom. The van der Waals surface area contributed by atoms with Crippen LogP contribution in [0.4, 0.5) is 10.5 Å². The molecule has 13 atom stereocenters. The van der Waals surface area contributed by atoms with Crippen molar-refractivity contribution >= 4 is 29.5 Å². The molecule has 338 valence electrons. The first kappa shape index (κ1) is 46.7. The maximum Gasteiger partial charge on any atom is 0.410 e. The number of nitrogens with two attached hydrogens (primary N) is 1. The van der Waals surface area contributed by atoms with Gasteiger partial charge in [0.15, 0.2) is 11.9 Å². The number of nitrogens with zero attached hydrogens (tertiary/aromatic N) is 4. The number of cyclic esters (lactones) is 1. The number of anilines is 1. The number of rotatable bonds is 11. The molecular formula is C48H67N5O9. The highest BCUT2D eigenvalue weighted by atomic mass is 16.7. The third kappa shape index (κ3) is 10.5. The van der Waals surface area contributed by atoms with Crippen molar-refractivity contribution in [1.82, 2.24) is 19.9 Å². The predicted molar refractivity (Wildman–Crippen MR) is 233 cm³/mol. The Morgan fingerprint density at radius 3 is 2.29 bits per heavy atom. The quantitative estimate of drug-likeness (QED) is 0.0850. The van der Waals surface area contributed by atoms with Crippen molar-refractivity contribution in [3.05, 3.63) is 66.4 Å². The van der Waals surface area contributed by atoms with Gasteiger partial charge in [-0.2, -0.15) is 0 Å². The van der Waals surface area contributed by atoms with Gasteiger partial charge in [0.25, 0.3) is 0 Å². The average Bonchev–Trinajstić information content (AvgIpc) is 3.82. The van der Waals surface area contributed by atoms with Crippen LogP contribution in [0.15, 0.2) is 60.8 Å². The zero-order chi connectivity index (χ0) is 44.9. The van der Waals surface area contributed by atoms with Crippen LogP contribution in [0.1, 0.15) is 111 Å². The van der Waals surface area contributed by atoms with Crippen molar-refractivity contribution in [1.29, 1.82) is 0 Å². The number of hydrogen-bond acceptors (Lipinski definition) is 12. The molecule has 3 aromatic rings. The highest BCUT2D eigenvalue weighted by Gasteiger charge is 2.59. The van der Waals surface area contributed by atoms with Crippen molar-refractivity contribution in [2.45, 2.75) is 150 Å². The molecule has 62 heavy (non-hydrogen) atoms. The van der Waals surface area contributed by atoms with E-state index in [2.05, 4.69) is 24.2 Å². The van der Waals surface area contributed by atoms with Gasteiger partial charge in [0.05, 0.1) is 35.9 Å². The Morgan fingerprint density at radius 2 is 1.60 bits per heavy atom. The lowest BCUT2D eigenvalue weighted by molar-refractivity contribution is -0.260.